The van der Waals surface area contributed by atoms with Crippen LogP contribution in [0.2, 0.25) is 0 Å². The van der Waals surface area contributed by atoms with Gasteiger partial charge < -0.3 is 10.2 Å². The molecule has 2 aromatic heterocycles. The summed E-state index contributed by atoms with van der Waals surface area (Å²) in [6.07, 6.45) is 3.57. The number of aromatic nitrogens is 3. The topological polar surface area (TPSA) is 53.9 Å². The maximum absolute atomic E-state index is 4.63. The van der Waals surface area contributed by atoms with Crippen molar-refractivity contribution in [3.63, 3.8) is 0 Å². The molecule has 24 heavy (non-hydrogen) atoms. The van der Waals surface area contributed by atoms with Gasteiger partial charge in [0.1, 0.15) is 5.82 Å². The molecule has 0 aliphatic heterocycles. The van der Waals surface area contributed by atoms with E-state index in [0.717, 1.165) is 24.6 Å². The van der Waals surface area contributed by atoms with Crippen molar-refractivity contribution in [1.82, 2.24) is 15.0 Å². The third kappa shape index (κ3) is 4.29. The molecule has 5 nitrogen and oxygen atoms in total. The van der Waals surface area contributed by atoms with E-state index in [4.69, 9.17) is 0 Å². The molecule has 0 fully saturated rings. The van der Waals surface area contributed by atoms with Gasteiger partial charge in [-0.1, -0.05) is 36.4 Å². The lowest BCUT2D eigenvalue weighted by Gasteiger charge is -2.22. The van der Waals surface area contributed by atoms with E-state index in [0.29, 0.717) is 12.5 Å². The molecule has 0 aliphatic rings. The summed E-state index contributed by atoms with van der Waals surface area (Å²) in [4.78, 5) is 15.5. The minimum absolute atomic E-state index is 0.606. The molecule has 122 valence electrons. The van der Waals surface area contributed by atoms with Crippen LogP contribution in [-0.2, 0) is 13.1 Å². The molecule has 2 heterocycles. The third-order valence-corrected chi connectivity index (χ3v) is 3.72. The second kappa shape index (κ2) is 8.06. The molecule has 1 aromatic carbocycles. The van der Waals surface area contributed by atoms with Crippen LogP contribution in [0.15, 0.2) is 67.0 Å². The highest BCUT2D eigenvalue weighted by Crippen LogP contribution is 2.15. The highest BCUT2D eigenvalue weighted by atomic mass is 15.2. The number of rotatable bonds is 7. The number of pyridine rings is 1. The van der Waals surface area contributed by atoms with Crippen LogP contribution in [0.25, 0.3) is 0 Å². The van der Waals surface area contributed by atoms with Crippen molar-refractivity contribution in [3.05, 3.63) is 78.2 Å². The van der Waals surface area contributed by atoms with Crippen molar-refractivity contribution in [1.29, 1.82) is 0 Å². The van der Waals surface area contributed by atoms with Crippen LogP contribution >= 0.6 is 0 Å². The van der Waals surface area contributed by atoms with E-state index in [1.807, 2.05) is 30.3 Å². The van der Waals surface area contributed by atoms with E-state index in [-0.39, 0.29) is 0 Å². The van der Waals surface area contributed by atoms with Crippen LogP contribution in [0, 0.1) is 0 Å². The highest BCUT2D eigenvalue weighted by molar-refractivity contribution is 5.43. The Bertz CT molecular complexity index is 746. The lowest BCUT2D eigenvalue weighted by atomic mass is 10.2. The fourth-order valence-electron chi connectivity index (χ4n) is 2.44. The number of hydrogen-bond acceptors (Lipinski definition) is 5. The molecular weight excluding hydrogens is 298 g/mol. The Labute approximate surface area is 142 Å². The van der Waals surface area contributed by atoms with E-state index >= 15 is 0 Å². The second-order valence-electron chi connectivity index (χ2n) is 5.41. The van der Waals surface area contributed by atoms with Crippen molar-refractivity contribution in [2.45, 2.75) is 20.0 Å². The van der Waals surface area contributed by atoms with Crippen LogP contribution in [0.4, 0.5) is 11.8 Å². The maximum atomic E-state index is 4.63. The van der Waals surface area contributed by atoms with Gasteiger partial charge >= 0.3 is 0 Å². The molecule has 0 radical (unpaired) electrons. The summed E-state index contributed by atoms with van der Waals surface area (Å²) < 4.78 is 0. The average Bonchev–Trinajstić information content (AvgIpc) is 2.66. The maximum Gasteiger partial charge on any atom is 0.224 e. The standard InChI is InChI=1S/C19H21N5/c1-2-24(15-16-8-4-3-5-9-16)18-11-13-21-19(23-18)22-14-17-10-6-7-12-20-17/h3-13H,2,14-15H2,1H3,(H,21,22,23). The minimum Gasteiger partial charge on any atom is -0.352 e. The lowest BCUT2D eigenvalue weighted by Crippen LogP contribution is -2.23. The number of anilines is 2. The molecular formula is C19H21N5. The minimum atomic E-state index is 0.606. The van der Waals surface area contributed by atoms with E-state index in [1.165, 1.54) is 5.56 Å². The van der Waals surface area contributed by atoms with Gasteiger partial charge in [-0.05, 0) is 30.7 Å². The summed E-state index contributed by atoms with van der Waals surface area (Å²) >= 11 is 0. The first-order chi connectivity index (χ1) is 11.8. The van der Waals surface area contributed by atoms with Crippen LogP contribution in [0.1, 0.15) is 18.2 Å². The quantitative estimate of drug-likeness (QED) is 0.722. The highest BCUT2D eigenvalue weighted by Gasteiger charge is 2.08. The molecule has 0 saturated heterocycles. The van der Waals surface area contributed by atoms with E-state index in [1.54, 1.807) is 12.4 Å². The number of nitrogens with one attached hydrogen (secondary N) is 1. The van der Waals surface area contributed by atoms with Crippen LogP contribution in [0.5, 0.6) is 0 Å². The Morgan fingerprint density at radius 3 is 2.50 bits per heavy atom. The third-order valence-electron chi connectivity index (χ3n) is 3.72. The van der Waals surface area contributed by atoms with E-state index in [9.17, 15) is 0 Å². The second-order valence-corrected chi connectivity index (χ2v) is 5.41. The molecule has 5 heteroatoms. The van der Waals surface area contributed by atoms with Gasteiger partial charge in [-0.2, -0.15) is 4.98 Å². The Morgan fingerprint density at radius 1 is 0.917 bits per heavy atom. The van der Waals surface area contributed by atoms with Crippen LogP contribution < -0.4 is 10.2 Å². The predicted octanol–water partition coefficient (Wildman–Crippen LogP) is 3.51. The molecule has 3 rings (SSSR count). The van der Waals surface area contributed by atoms with Gasteiger partial charge in [-0.25, -0.2) is 4.98 Å². The lowest BCUT2D eigenvalue weighted by molar-refractivity contribution is 0.809. The van der Waals surface area contributed by atoms with E-state index in [2.05, 4.69) is 56.4 Å². The zero-order chi connectivity index (χ0) is 16.6. The molecule has 1 N–H and O–H groups in total. The molecule has 0 saturated carbocycles. The van der Waals surface area contributed by atoms with Crippen LogP contribution in [-0.4, -0.2) is 21.5 Å². The molecule has 0 bridgehead atoms. The largest absolute Gasteiger partial charge is 0.352 e. The van der Waals surface area contributed by atoms with Crippen molar-refractivity contribution in [3.8, 4) is 0 Å². The SMILES string of the molecule is CCN(Cc1ccccc1)c1ccnc(NCc2ccccn2)n1. The van der Waals surface area contributed by atoms with Gasteiger partial charge in [0.05, 0.1) is 12.2 Å². The summed E-state index contributed by atoms with van der Waals surface area (Å²) in [5.41, 5.74) is 2.23. The van der Waals surface area contributed by atoms with Gasteiger partial charge in [-0.3, -0.25) is 4.98 Å². The van der Waals surface area contributed by atoms with Gasteiger partial charge in [0.15, 0.2) is 0 Å². The zero-order valence-corrected chi connectivity index (χ0v) is 13.8. The zero-order valence-electron chi connectivity index (χ0n) is 13.8. The average molecular weight is 319 g/mol. The number of hydrogen-bond donors (Lipinski definition) is 1. The fraction of sp³-hybridized carbons (Fsp3) is 0.211. The first kappa shape index (κ1) is 15.9. The Hall–Kier alpha value is -2.95. The first-order valence-electron chi connectivity index (χ1n) is 8.11. The van der Waals surface area contributed by atoms with Gasteiger partial charge in [-0.15, -0.1) is 0 Å². The van der Waals surface area contributed by atoms with Crippen molar-refractivity contribution in [2.24, 2.45) is 0 Å². The molecule has 0 unspecified atom stereocenters. The van der Waals surface area contributed by atoms with Gasteiger partial charge in [0.2, 0.25) is 5.95 Å². The molecule has 0 amide bonds. The molecule has 0 spiro atoms. The van der Waals surface area contributed by atoms with Crippen molar-refractivity contribution >= 4 is 11.8 Å². The summed E-state index contributed by atoms with van der Waals surface area (Å²) in [7, 11) is 0. The van der Waals surface area contributed by atoms with Gasteiger partial charge in [0, 0.05) is 25.5 Å². The normalized spacial score (nSPS) is 10.4. The fourth-order valence-corrected chi connectivity index (χ4v) is 2.44. The Kier molecular flexibility index (Phi) is 5.35. The Balaban J connectivity index is 1.69. The van der Waals surface area contributed by atoms with Gasteiger partial charge in [0.25, 0.3) is 0 Å². The summed E-state index contributed by atoms with van der Waals surface area (Å²) in [6.45, 7) is 4.45. The number of nitrogens with zero attached hydrogens (tertiary/aromatic N) is 4. The first-order valence-corrected chi connectivity index (χ1v) is 8.11. The van der Waals surface area contributed by atoms with Crippen LogP contribution in [0.3, 0.4) is 0 Å². The van der Waals surface area contributed by atoms with Crippen molar-refractivity contribution < 1.29 is 0 Å². The summed E-state index contributed by atoms with van der Waals surface area (Å²) in [6, 6.07) is 18.2. The number of benzene rings is 1. The molecule has 0 aliphatic carbocycles. The smallest absolute Gasteiger partial charge is 0.224 e. The van der Waals surface area contributed by atoms with E-state index < -0.39 is 0 Å². The summed E-state index contributed by atoms with van der Waals surface area (Å²) in [5, 5.41) is 3.23. The molecule has 0 atom stereocenters. The monoisotopic (exact) mass is 319 g/mol. The van der Waals surface area contributed by atoms with Crippen molar-refractivity contribution in [2.75, 3.05) is 16.8 Å². The Morgan fingerprint density at radius 2 is 1.75 bits per heavy atom. The molecule has 3 aromatic rings. The summed E-state index contributed by atoms with van der Waals surface area (Å²) in [5.74, 6) is 1.53. The predicted molar refractivity (Wildman–Crippen MR) is 96.8 cm³/mol.